The number of anilines is 1. The SMILES string of the molecule is CCc1ccc(-c2cc(C(F)(F)F)nc(N3CCN(CC)CC3)n2)cc1. The lowest BCUT2D eigenvalue weighted by molar-refractivity contribution is -0.141. The molecule has 1 saturated heterocycles. The van der Waals surface area contributed by atoms with Crippen molar-refractivity contribution in [3.8, 4) is 11.3 Å². The van der Waals surface area contributed by atoms with Gasteiger partial charge in [-0.15, -0.1) is 0 Å². The van der Waals surface area contributed by atoms with Gasteiger partial charge >= 0.3 is 6.18 Å². The molecule has 1 fully saturated rings. The summed E-state index contributed by atoms with van der Waals surface area (Å²) in [5.41, 5.74) is 1.22. The summed E-state index contributed by atoms with van der Waals surface area (Å²) >= 11 is 0. The second kappa shape index (κ2) is 7.61. The molecule has 1 aliphatic rings. The van der Waals surface area contributed by atoms with Crippen LogP contribution in [0.2, 0.25) is 0 Å². The average molecular weight is 364 g/mol. The van der Waals surface area contributed by atoms with Gasteiger partial charge in [0, 0.05) is 31.7 Å². The van der Waals surface area contributed by atoms with Gasteiger partial charge in [-0.1, -0.05) is 38.1 Å². The minimum absolute atomic E-state index is 0.158. The number of piperazine rings is 1. The van der Waals surface area contributed by atoms with E-state index in [0.717, 1.165) is 37.7 Å². The molecule has 140 valence electrons. The monoisotopic (exact) mass is 364 g/mol. The van der Waals surface area contributed by atoms with Crippen LogP contribution in [0.15, 0.2) is 30.3 Å². The van der Waals surface area contributed by atoms with Gasteiger partial charge in [0.25, 0.3) is 0 Å². The van der Waals surface area contributed by atoms with Crippen LogP contribution in [0.25, 0.3) is 11.3 Å². The first-order valence-electron chi connectivity index (χ1n) is 8.93. The lowest BCUT2D eigenvalue weighted by Gasteiger charge is -2.34. The molecular formula is C19H23F3N4. The number of hydrogen-bond donors (Lipinski definition) is 0. The predicted octanol–water partition coefficient (Wildman–Crippen LogP) is 3.87. The van der Waals surface area contributed by atoms with E-state index in [9.17, 15) is 13.2 Å². The van der Waals surface area contributed by atoms with E-state index < -0.39 is 11.9 Å². The summed E-state index contributed by atoms with van der Waals surface area (Å²) in [4.78, 5) is 12.4. The van der Waals surface area contributed by atoms with Gasteiger partial charge in [-0.25, -0.2) is 9.97 Å². The molecule has 0 atom stereocenters. The number of rotatable bonds is 4. The highest BCUT2D eigenvalue weighted by Gasteiger charge is 2.34. The highest BCUT2D eigenvalue weighted by atomic mass is 19.4. The Morgan fingerprint density at radius 3 is 2.15 bits per heavy atom. The van der Waals surface area contributed by atoms with Crippen LogP contribution in [-0.2, 0) is 12.6 Å². The first kappa shape index (κ1) is 18.6. The van der Waals surface area contributed by atoms with E-state index in [4.69, 9.17) is 0 Å². The van der Waals surface area contributed by atoms with Gasteiger partial charge in [0.05, 0.1) is 5.69 Å². The van der Waals surface area contributed by atoms with Gasteiger partial charge < -0.3 is 9.80 Å². The zero-order valence-electron chi connectivity index (χ0n) is 15.1. The standard InChI is InChI=1S/C19H23F3N4/c1-3-14-5-7-15(8-6-14)16-13-17(19(20,21)22)24-18(23-16)26-11-9-25(4-2)10-12-26/h5-8,13H,3-4,9-12H2,1-2H3. The van der Waals surface area contributed by atoms with Gasteiger partial charge in [0.1, 0.15) is 0 Å². The van der Waals surface area contributed by atoms with Gasteiger partial charge in [-0.3, -0.25) is 0 Å². The minimum atomic E-state index is -4.50. The predicted molar refractivity (Wildman–Crippen MR) is 96.2 cm³/mol. The first-order chi connectivity index (χ1) is 12.4. The van der Waals surface area contributed by atoms with Crippen molar-refractivity contribution in [1.29, 1.82) is 0 Å². The van der Waals surface area contributed by atoms with E-state index in [0.29, 0.717) is 24.3 Å². The van der Waals surface area contributed by atoms with Crippen molar-refractivity contribution in [3.63, 3.8) is 0 Å². The zero-order chi connectivity index (χ0) is 18.7. The Labute approximate surface area is 151 Å². The quantitative estimate of drug-likeness (QED) is 0.825. The van der Waals surface area contributed by atoms with Crippen molar-refractivity contribution in [2.75, 3.05) is 37.6 Å². The normalized spacial score (nSPS) is 16.1. The largest absolute Gasteiger partial charge is 0.433 e. The summed E-state index contributed by atoms with van der Waals surface area (Å²) in [6.45, 7) is 7.91. The minimum Gasteiger partial charge on any atom is -0.338 e. The summed E-state index contributed by atoms with van der Waals surface area (Å²) in [5, 5.41) is 0. The maximum absolute atomic E-state index is 13.3. The summed E-state index contributed by atoms with van der Waals surface area (Å²) in [7, 11) is 0. The van der Waals surface area contributed by atoms with E-state index >= 15 is 0 Å². The average Bonchev–Trinajstić information content (AvgIpc) is 2.67. The van der Waals surface area contributed by atoms with Gasteiger partial charge in [-0.05, 0) is 24.6 Å². The zero-order valence-corrected chi connectivity index (χ0v) is 15.1. The number of alkyl halides is 3. The number of aryl methyl sites for hydroxylation is 1. The van der Waals surface area contributed by atoms with Crippen molar-refractivity contribution in [3.05, 3.63) is 41.6 Å². The Morgan fingerprint density at radius 2 is 1.62 bits per heavy atom. The first-order valence-corrected chi connectivity index (χ1v) is 8.93. The van der Waals surface area contributed by atoms with Crippen LogP contribution in [0.4, 0.5) is 19.1 Å². The van der Waals surface area contributed by atoms with E-state index in [1.807, 2.05) is 36.1 Å². The van der Waals surface area contributed by atoms with Crippen molar-refractivity contribution < 1.29 is 13.2 Å². The van der Waals surface area contributed by atoms with Crippen molar-refractivity contribution in [1.82, 2.24) is 14.9 Å². The Bertz CT molecular complexity index is 735. The lowest BCUT2D eigenvalue weighted by atomic mass is 10.1. The molecular weight excluding hydrogens is 341 g/mol. The van der Waals surface area contributed by atoms with E-state index in [1.165, 1.54) is 0 Å². The number of halogens is 3. The summed E-state index contributed by atoms with van der Waals surface area (Å²) in [6, 6.07) is 8.52. The summed E-state index contributed by atoms with van der Waals surface area (Å²) in [6.07, 6.45) is -3.62. The molecule has 0 unspecified atom stereocenters. The fraction of sp³-hybridized carbons (Fsp3) is 0.474. The smallest absolute Gasteiger partial charge is 0.338 e. The second-order valence-corrected chi connectivity index (χ2v) is 6.41. The number of nitrogens with zero attached hydrogens (tertiary/aromatic N) is 4. The fourth-order valence-corrected chi connectivity index (χ4v) is 3.04. The molecule has 0 bridgehead atoms. The van der Waals surface area contributed by atoms with Crippen LogP contribution >= 0.6 is 0 Å². The van der Waals surface area contributed by atoms with Crippen molar-refractivity contribution >= 4 is 5.95 Å². The molecule has 3 rings (SSSR count). The van der Waals surface area contributed by atoms with E-state index in [-0.39, 0.29) is 5.95 Å². The van der Waals surface area contributed by atoms with Crippen LogP contribution in [0.5, 0.6) is 0 Å². The molecule has 7 heteroatoms. The van der Waals surface area contributed by atoms with Crippen LogP contribution in [0.1, 0.15) is 25.1 Å². The molecule has 0 spiro atoms. The van der Waals surface area contributed by atoms with Crippen molar-refractivity contribution in [2.24, 2.45) is 0 Å². The number of benzene rings is 1. The lowest BCUT2D eigenvalue weighted by Crippen LogP contribution is -2.46. The Kier molecular flexibility index (Phi) is 5.46. The van der Waals surface area contributed by atoms with E-state index in [1.54, 1.807) is 0 Å². The molecule has 0 saturated carbocycles. The molecule has 0 N–H and O–H groups in total. The Hall–Kier alpha value is -2.15. The fourth-order valence-electron chi connectivity index (χ4n) is 3.04. The molecule has 2 heterocycles. The molecule has 1 aromatic heterocycles. The third kappa shape index (κ3) is 4.15. The highest BCUT2D eigenvalue weighted by Crippen LogP contribution is 2.32. The van der Waals surface area contributed by atoms with Crippen LogP contribution in [-0.4, -0.2) is 47.6 Å². The van der Waals surface area contributed by atoms with Crippen LogP contribution in [0, 0.1) is 0 Å². The second-order valence-electron chi connectivity index (χ2n) is 6.41. The Morgan fingerprint density at radius 1 is 0.962 bits per heavy atom. The van der Waals surface area contributed by atoms with Crippen LogP contribution in [0.3, 0.4) is 0 Å². The number of likely N-dealkylation sites (N-methyl/N-ethyl adjacent to an activating group) is 1. The van der Waals surface area contributed by atoms with Crippen molar-refractivity contribution in [2.45, 2.75) is 26.4 Å². The van der Waals surface area contributed by atoms with E-state index in [2.05, 4.69) is 21.8 Å². The van der Waals surface area contributed by atoms with Gasteiger partial charge in [0.15, 0.2) is 5.69 Å². The maximum atomic E-state index is 13.3. The molecule has 0 aliphatic carbocycles. The number of hydrogen-bond acceptors (Lipinski definition) is 4. The van der Waals surface area contributed by atoms with Crippen LogP contribution < -0.4 is 4.90 Å². The third-order valence-corrected chi connectivity index (χ3v) is 4.77. The molecule has 26 heavy (non-hydrogen) atoms. The molecule has 1 aliphatic heterocycles. The summed E-state index contributed by atoms with van der Waals surface area (Å²) in [5.74, 6) is 0.158. The Balaban J connectivity index is 1.96. The molecule has 2 aromatic rings. The molecule has 4 nitrogen and oxygen atoms in total. The van der Waals surface area contributed by atoms with Gasteiger partial charge in [0.2, 0.25) is 5.95 Å². The molecule has 1 aromatic carbocycles. The number of aromatic nitrogens is 2. The third-order valence-electron chi connectivity index (χ3n) is 4.77. The summed E-state index contributed by atoms with van der Waals surface area (Å²) < 4.78 is 40.0. The molecule has 0 amide bonds. The topological polar surface area (TPSA) is 32.3 Å². The highest BCUT2D eigenvalue weighted by molar-refractivity contribution is 5.61. The van der Waals surface area contributed by atoms with Gasteiger partial charge in [-0.2, -0.15) is 13.2 Å². The maximum Gasteiger partial charge on any atom is 0.433 e. The molecule has 0 radical (unpaired) electrons.